The number of hydrogen-bond donors (Lipinski definition) is 1. The molecule has 7 nitrogen and oxygen atoms in total. The van der Waals surface area contributed by atoms with E-state index in [0.717, 1.165) is 10.8 Å². The Balaban J connectivity index is 1.55. The van der Waals surface area contributed by atoms with Crippen LogP contribution in [0.15, 0.2) is 85.0 Å². The lowest BCUT2D eigenvalue weighted by Crippen LogP contribution is -2.31. The van der Waals surface area contributed by atoms with E-state index in [1.165, 1.54) is 29.2 Å². The van der Waals surface area contributed by atoms with E-state index in [-0.39, 0.29) is 17.9 Å². The number of nitrogens with zero attached hydrogens (tertiary/aromatic N) is 3. The molecule has 1 fully saturated rings. The topological polar surface area (TPSA) is 84.7 Å². The van der Waals surface area contributed by atoms with E-state index in [1.54, 1.807) is 31.8 Å². The molecule has 1 saturated heterocycles. The predicted octanol–water partition coefficient (Wildman–Crippen LogP) is 4.70. The van der Waals surface area contributed by atoms with Crippen LogP contribution in [0, 0.1) is 5.82 Å². The van der Waals surface area contributed by atoms with E-state index in [1.807, 2.05) is 35.0 Å². The number of benzene rings is 3. The van der Waals surface area contributed by atoms with Crippen LogP contribution in [0.2, 0.25) is 0 Å². The van der Waals surface area contributed by atoms with E-state index in [9.17, 15) is 19.1 Å². The van der Waals surface area contributed by atoms with Gasteiger partial charge < -0.3 is 19.3 Å². The Morgan fingerprint density at radius 1 is 1.03 bits per heavy atom. The number of halogens is 1. The quantitative estimate of drug-likeness (QED) is 0.233. The first-order valence-electron chi connectivity index (χ1n) is 11.5. The third kappa shape index (κ3) is 4.33. The zero-order valence-electron chi connectivity index (χ0n) is 19.6. The highest BCUT2D eigenvalue weighted by atomic mass is 19.1. The highest BCUT2D eigenvalue weighted by Gasteiger charge is 2.45. The Morgan fingerprint density at radius 3 is 2.50 bits per heavy atom. The zero-order valence-corrected chi connectivity index (χ0v) is 19.6. The summed E-state index contributed by atoms with van der Waals surface area (Å²) in [5.41, 5.74) is 0.948. The van der Waals surface area contributed by atoms with E-state index in [0.29, 0.717) is 29.8 Å². The largest absolute Gasteiger partial charge is 0.507 e. The molecule has 1 amide bonds. The third-order valence-electron chi connectivity index (χ3n) is 6.42. The maximum Gasteiger partial charge on any atom is 0.295 e. The second-order valence-corrected chi connectivity index (χ2v) is 8.63. The number of aliphatic hydroxyl groups excluding tert-OH is 1. The van der Waals surface area contributed by atoms with Gasteiger partial charge >= 0.3 is 0 Å². The number of likely N-dealkylation sites (tertiary alicyclic amines) is 1. The predicted molar refractivity (Wildman–Crippen MR) is 133 cm³/mol. The van der Waals surface area contributed by atoms with E-state index < -0.39 is 23.5 Å². The second kappa shape index (κ2) is 9.65. The summed E-state index contributed by atoms with van der Waals surface area (Å²) < 4.78 is 20.8. The molecule has 0 spiro atoms. The molecule has 8 heteroatoms. The molecule has 1 N–H and O–H groups in total. The molecule has 2 heterocycles. The minimum absolute atomic E-state index is 0.0119. The number of methoxy groups -OCH3 is 1. The number of amides is 1. The molecule has 1 aromatic heterocycles. The average molecular weight is 486 g/mol. The van der Waals surface area contributed by atoms with Crippen LogP contribution in [0.1, 0.15) is 23.6 Å². The highest BCUT2D eigenvalue weighted by Crippen LogP contribution is 2.40. The normalized spacial score (nSPS) is 17.2. The number of rotatable bonds is 7. The van der Waals surface area contributed by atoms with E-state index in [4.69, 9.17) is 4.74 Å². The Bertz CT molecular complexity index is 1460. The van der Waals surface area contributed by atoms with E-state index in [2.05, 4.69) is 4.98 Å². The first-order chi connectivity index (χ1) is 17.5. The van der Waals surface area contributed by atoms with Crippen molar-refractivity contribution in [3.63, 3.8) is 0 Å². The van der Waals surface area contributed by atoms with Crippen LogP contribution in [-0.4, -0.2) is 44.9 Å². The van der Waals surface area contributed by atoms with Gasteiger partial charge in [0.05, 0.1) is 25.1 Å². The molecule has 1 aliphatic rings. The standard InChI is InChI=1S/C28H24FN3O4/c1-36-23-10-7-19-15-21(4-3-20(19)16-23)26(33)24-25(18-5-8-22(29)9-6-18)32(28(35)27(24)34)13-2-12-31-14-11-30-17-31/h3-11,14-17,25,33H,2,12-13H2,1H3/b26-24+. The van der Waals surface area contributed by atoms with E-state index >= 15 is 0 Å². The first-order valence-corrected chi connectivity index (χ1v) is 11.5. The number of aryl methyl sites for hydroxylation is 1. The molecular weight excluding hydrogens is 461 g/mol. The number of aromatic nitrogens is 2. The molecule has 0 saturated carbocycles. The van der Waals surface area contributed by atoms with Gasteiger partial charge in [-0.15, -0.1) is 0 Å². The number of ketones is 1. The number of imidazole rings is 1. The van der Waals surface area contributed by atoms with Gasteiger partial charge in [0.1, 0.15) is 17.3 Å². The summed E-state index contributed by atoms with van der Waals surface area (Å²) in [6, 6.07) is 15.6. The van der Waals surface area contributed by atoms with Gasteiger partial charge in [0.15, 0.2) is 0 Å². The van der Waals surface area contributed by atoms with Crippen molar-refractivity contribution in [3.8, 4) is 5.75 Å². The van der Waals surface area contributed by atoms with Crippen molar-refractivity contribution in [3.05, 3.63) is 102 Å². The molecule has 1 aliphatic heterocycles. The minimum Gasteiger partial charge on any atom is -0.507 e. The number of ether oxygens (including phenoxy) is 1. The van der Waals surface area contributed by atoms with Crippen molar-refractivity contribution in [1.29, 1.82) is 0 Å². The van der Waals surface area contributed by atoms with Crippen molar-refractivity contribution in [2.75, 3.05) is 13.7 Å². The molecule has 1 atom stereocenters. The molecule has 36 heavy (non-hydrogen) atoms. The lowest BCUT2D eigenvalue weighted by atomic mass is 9.94. The fourth-order valence-corrected chi connectivity index (χ4v) is 4.60. The minimum atomic E-state index is -0.833. The molecule has 3 aromatic carbocycles. The Kier molecular flexibility index (Phi) is 6.25. The maximum absolute atomic E-state index is 13.7. The number of hydrogen-bond acceptors (Lipinski definition) is 5. The van der Waals surface area contributed by atoms with Gasteiger partial charge in [-0.2, -0.15) is 0 Å². The summed E-state index contributed by atoms with van der Waals surface area (Å²) in [5.74, 6) is -1.45. The Hall–Kier alpha value is -4.46. The summed E-state index contributed by atoms with van der Waals surface area (Å²) in [6.45, 7) is 0.881. The smallest absolute Gasteiger partial charge is 0.295 e. The van der Waals surface area contributed by atoms with Crippen LogP contribution in [0.3, 0.4) is 0 Å². The van der Waals surface area contributed by atoms with Crippen LogP contribution in [0.25, 0.3) is 16.5 Å². The van der Waals surface area contributed by atoms with Gasteiger partial charge in [0.2, 0.25) is 0 Å². The monoisotopic (exact) mass is 485 g/mol. The van der Waals surface area contributed by atoms with Crippen molar-refractivity contribution >= 4 is 28.2 Å². The number of fused-ring (bicyclic) bond motifs is 1. The Labute approximate surface area is 207 Å². The third-order valence-corrected chi connectivity index (χ3v) is 6.42. The average Bonchev–Trinajstić information content (AvgIpc) is 3.50. The fourth-order valence-electron chi connectivity index (χ4n) is 4.60. The van der Waals surface area contributed by atoms with Gasteiger partial charge in [-0.05, 0) is 53.1 Å². The summed E-state index contributed by atoms with van der Waals surface area (Å²) >= 11 is 0. The van der Waals surface area contributed by atoms with Crippen LogP contribution >= 0.6 is 0 Å². The molecule has 1 unspecified atom stereocenters. The molecule has 5 rings (SSSR count). The van der Waals surface area contributed by atoms with Crippen LogP contribution in [0.4, 0.5) is 4.39 Å². The van der Waals surface area contributed by atoms with Gasteiger partial charge in [0, 0.05) is 31.0 Å². The lowest BCUT2D eigenvalue weighted by molar-refractivity contribution is -0.139. The first kappa shape index (κ1) is 23.3. The van der Waals surface area contributed by atoms with Crippen LogP contribution in [0.5, 0.6) is 5.75 Å². The summed E-state index contributed by atoms with van der Waals surface area (Å²) in [4.78, 5) is 31.8. The van der Waals surface area contributed by atoms with Gasteiger partial charge in [-0.1, -0.05) is 30.3 Å². The van der Waals surface area contributed by atoms with Crippen molar-refractivity contribution in [2.24, 2.45) is 0 Å². The lowest BCUT2D eigenvalue weighted by Gasteiger charge is -2.25. The second-order valence-electron chi connectivity index (χ2n) is 8.63. The summed E-state index contributed by atoms with van der Waals surface area (Å²) in [7, 11) is 1.59. The zero-order chi connectivity index (χ0) is 25.2. The van der Waals surface area contributed by atoms with Crippen molar-refractivity contribution in [2.45, 2.75) is 19.0 Å². The van der Waals surface area contributed by atoms with Gasteiger partial charge in [-0.25, -0.2) is 9.37 Å². The van der Waals surface area contributed by atoms with Crippen LogP contribution in [-0.2, 0) is 16.1 Å². The molecule has 0 bridgehead atoms. The number of Topliss-reactive ketones (excluding diaryl/α,β-unsaturated/α-hetero) is 1. The molecular formula is C28H24FN3O4. The molecule has 0 radical (unpaired) electrons. The molecule has 4 aromatic rings. The van der Waals surface area contributed by atoms with Gasteiger partial charge in [-0.3, -0.25) is 9.59 Å². The number of carbonyl (C=O) groups is 2. The number of aliphatic hydroxyl groups is 1. The Morgan fingerprint density at radius 2 is 1.78 bits per heavy atom. The maximum atomic E-state index is 13.7. The van der Waals surface area contributed by atoms with Crippen LogP contribution < -0.4 is 4.74 Å². The number of carbonyl (C=O) groups excluding carboxylic acids is 2. The summed E-state index contributed by atoms with van der Waals surface area (Å²) in [5, 5.41) is 13.1. The van der Waals surface area contributed by atoms with Crippen molar-refractivity contribution < 1.29 is 23.8 Å². The van der Waals surface area contributed by atoms with Crippen molar-refractivity contribution in [1.82, 2.24) is 14.5 Å². The van der Waals surface area contributed by atoms with Gasteiger partial charge in [0.25, 0.3) is 11.7 Å². The molecule has 0 aliphatic carbocycles. The highest BCUT2D eigenvalue weighted by molar-refractivity contribution is 6.46. The SMILES string of the molecule is COc1ccc2cc(/C(O)=C3\C(=O)C(=O)N(CCCn4ccnc4)C3c3ccc(F)cc3)ccc2c1. The fraction of sp³-hybridized carbons (Fsp3) is 0.179. The molecule has 182 valence electrons. The summed E-state index contributed by atoms with van der Waals surface area (Å²) in [6.07, 6.45) is 5.74.